The van der Waals surface area contributed by atoms with Gasteiger partial charge >= 0.3 is 0 Å². The summed E-state index contributed by atoms with van der Waals surface area (Å²) in [7, 11) is 0. The molecule has 25 heavy (non-hydrogen) atoms. The number of hydrogen-bond acceptors (Lipinski definition) is 4. The van der Waals surface area contributed by atoms with Crippen molar-refractivity contribution in [3.63, 3.8) is 0 Å². The maximum atomic E-state index is 9.42. The lowest BCUT2D eigenvalue weighted by atomic mass is 10.0. The van der Waals surface area contributed by atoms with Crippen LogP contribution in [0.15, 0.2) is 48.7 Å². The van der Waals surface area contributed by atoms with E-state index in [0.717, 1.165) is 51.3 Å². The summed E-state index contributed by atoms with van der Waals surface area (Å²) >= 11 is 0. The van der Waals surface area contributed by atoms with Gasteiger partial charge in [-0.3, -0.25) is 4.90 Å². The molecule has 3 rings (SSSR count). The van der Waals surface area contributed by atoms with Crippen molar-refractivity contribution in [2.24, 2.45) is 0 Å². The Morgan fingerprint density at radius 1 is 1.16 bits per heavy atom. The number of nitrogens with zero attached hydrogens (tertiary/aromatic N) is 4. The average Bonchev–Trinajstić information content (AvgIpc) is 2.68. The molecule has 0 bridgehead atoms. The van der Waals surface area contributed by atoms with E-state index in [-0.39, 0.29) is 0 Å². The van der Waals surface area contributed by atoms with Crippen LogP contribution >= 0.6 is 0 Å². The Hall–Kier alpha value is -2.38. The van der Waals surface area contributed by atoms with Crippen LogP contribution in [0.5, 0.6) is 0 Å². The molecule has 0 spiro atoms. The van der Waals surface area contributed by atoms with Crippen molar-refractivity contribution in [1.29, 1.82) is 5.26 Å². The SMILES string of the molecule is CCCN(c1ncccc1C#N)C1CCN(Cc2ccccc2)CC1. The molecule has 0 unspecified atom stereocenters. The lowest BCUT2D eigenvalue weighted by Gasteiger charge is -2.39. The van der Waals surface area contributed by atoms with E-state index in [0.29, 0.717) is 11.6 Å². The first-order chi connectivity index (χ1) is 12.3. The summed E-state index contributed by atoms with van der Waals surface area (Å²) in [4.78, 5) is 9.41. The van der Waals surface area contributed by atoms with Crippen molar-refractivity contribution < 1.29 is 0 Å². The standard InChI is InChI=1S/C21H26N4/c1-2-13-25(21-19(16-22)9-6-12-23-21)20-10-14-24(15-11-20)17-18-7-4-3-5-8-18/h3-9,12,20H,2,10-11,13-15,17H2,1H3. The molecule has 2 aromatic rings. The molecule has 0 radical (unpaired) electrons. The molecule has 4 nitrogen and oxygen atoms in total. The molecule has 2 heterocycles. The number of rotatable bonds is 6. The van der Waals surface area contributed by atoms with Crippen LogP contribution in [0.4, 0.5) is 5.82 Å². The fourth-order valence-electron chi connectivity index (χ4n) is 3.65. The van der Waals surface area contributed by atoms with Gasteiger partial charge in [-0.2, -0.15) is 5.26 Å². The van der Waals surface area contributed by atoms with Crippen LogP contribution in [-0.4, -0.2) is 35.6 Å². The summed E-state index contributed by atoms with van der Waals surface area (Å²) in [6, 6.07) is 17.2. The minimum Gasteiger partial charge on any atom is -0.352 e. The van der Waals surface area contributed by atoms with Crippen LogP contribution in [-0.2, 0) is 6.54 Å². The number of aromatic nitrogens is 1. The Bertz CT molecular complexity index is 699. The van der Waals surface area contributed by atoms with E-state index in [1.165, 1.54) is 5.56 Å². The first-order valence-electron chi connectivity index (χ1n) is 9.20. The summed E-state index contributed by atoms with van der Waals surface area (Å²) in [6.45, 7) is 6.35. The van der Waals surface area contributed by atoms with Gasteiger partial charge in [-0.25, -0.2) is 4.98 Å². The minimum atomic E-state index is 0.467. The van der Waals surface area contributed by atoms with Gasteiger partial charge in [0.25, 0.3) is 0 Å². The topological polar surface area (TPSA) is 43.2 Å². The maximum absolute atomic E-state index is 9.42. The molecular formula is C21H26N4. The molecule has 1 saturated heterocycles. The highest BCUT2D eigenvalue weighted by atomic mass is 15.2. The van der Waals surface area contributed by atoms with Gasteiger partial charge in [-0.05, 0) is 37.0 Å². The molecule has 4 heteroatoms. The molecule has 1 aliphatic rings. The summed E-state index contributed by atoms with van der Waals surface area (Å²) in [6.07, 6.45) is 5.09. The van der Waals surface area contributed by atoms with Gasteiger partial charge < -0.3 is 4.90 Å². The molecule has 1 aromatic carbocycles. The number of pyridine rings is 1. The molecule has 0 amide bonds. The fourth-order valence-corrected chi connectivity index (χ4v) is 3.65. The zero-order valence-corrected chi connectivity index (χ0v) is 14.9. The van der Waals surface area contributed by atoms with Crippen LogP contribution in [0, 0.1) is 11.3 Å². The number of benzene rings is 1. The zero-order valence-electron chi connectivity index (χ0n) is 14.9. The number of anilines is 1. The first-order valence-corrected chi connectivity index (χ1v) is 9.20. The van der Waals surface area contributed by atoms with Crippen LogP contribution in [0.3, 0.4) is 0 Å². The quantitative estimate of drug-likeness (QED) is 0.805. The van der Waals surface area contributed by atoms with Crippen molar-refractivity contribution >= 4 is 5.82 Å². The van der Waals surface area contributed by atoms with Crippen molar-refractivity contribution in [2.45, 2.75) is 38.8 Å². The van der Waals surface area contributed by atoms with Crippen LogP contribution in [0.1, 0.15) is 37.3 Å². The van der Waals surface area contributed by atoms with E-state index in [1.807, 2.05) is 12.1 Å². The number of piperidine rings is 1. The lowest BCUT2D eigenvalue weighted by molar-refractivity contribution is 0.201. The molecule has 0 atom stereocenters. The molecular weight excluding hydrogens is 308 g/mol. The molecule has 0 N–H and O–H groups in total. The Morgan fingerprint density at radius 2 is 1.92 bits per heavy atom. The third-order valence-corrected chi connectivity index (χ3v) is 4.89. The second-order valence-corrected chi connectivity index (χ2v) is 6.67. The summed E-state index contributed by atoms with van der Waals surface area (Å²) in [5.74, 6) is 0.855. The lowest BCUT2D eigenvalue weighted by Crippen LogP contribution is -2.45. The third-order valence-electron chi connectivity index (χ3n) is 4.89. The number of likely N-dealkylation sites (tertiary alicyclic amines) is 1. The Morgan fingerprint density at radius 3 is 2.60 bits per heavy atom. The molecule has 1 fully saturated rings. The van der Waals surface area contributed by atoms with Gasteiger partial charge in [0, 0.05) is 38.4 Å². The van der Waals surface area contributed by atoms with Gasteiger partial charge in [0.2, 0.25) is 0 Å². The average molecular weight is 334 g/mol. The van der Waals surface area contributed by atoms with E-state index < -0.39 is 0 Å². The monoisotopic (exact) mass is 334 g/mol. The molecule has 0 saturated carbocycles. The predicted octanol–water partition coefficient (Wildman–Crippen LogP) is 3.83. The first kappa shape index (κ1) is 17.4. The fraction of sp³-hybridized carbons (Fsp3) is 0.429. The van der Waals surface area contributed by atoms with Crippen molar-refractivity contribution in [2.75, 3.05) is 24.5 Å². The van der Waals surface area contributed by atoms with Gasteiger partial charge in [-0.1, -0.05) is 37.3 Å². The summed E-state index contributed by atoms with van der Waals surface area (Å²) < 4.78 is 0. The van der Waals surface area contributed by atoms with Gasteiger partial charge in [0.15, 0.2) is 0 Å². The van der Waals surface area contributed by atoms with Gasteiger partial charge in [-0.15, -0.1) is 0 Å². The highest BCUT2D eigenvalue weighted by molar-refractivity contribution is 5.54. The van der Waals surface area contributed by atoms with Crippen molar-refractivity contribution in [3.8, 4) is 6.07 Å². The Labute approximate surface area is 150 Å². The molecule has 1 aromatic heterocycles. The highest BCUT2D eigenvalue weighted by Gasteiger charge is 2.26. The van der Waals surface area contributed by atoms with E-state index in [9.17, 15) is 5.26 Å². The molecule has 130 valence electrons. The van der Waals surface area contributed by atoms with Crippen LogP contribution in [0.25, 0.3) is 0 Å². The predicted molar refractivity (Wildman–Crippen MR) is 101 cm³/mol. The van der Waals surface area contributed by atoms with E-state index >= 15 is 0 Å². The smallest absolute Gasteiger partial charge is 0.146 e. The number of hydrogen-bond donors (Lipinski definition) is 0. The largest absolute Gasteiger partial charge is 0.352 e. The highest BCUT2D eigenvalue weighted by Crippen LogP contribution is 2.25. The third kappa shape index (κ3) is 4.37. The second-order valence-electron chi connectivity index (χ2n) is 6.67. The van der Waals surface area contributed by atoms with Gasteiger partial charge in [0.1, 0.15) is 11.9 Å². The summed E-state index contributed by atoms with van der Waals surface area (Å²) in [5.41, 5.74) is 2.06. The normalized spacial score (nSPS) is 15.7. The van der Waals surface area contributed by atoms with Crippen LogP contribution in [0.2, 0.25) is 0 Å². The zero-order chi connectivity index (χ0) is 17.5. The Balaban J connectivity index is 1.66. The van der Waals surface area contributed by atoms with Crippen LogP contribution < -0.4 is 4.90 Å². The van der Waals surface area contributed by atoms with E-state index in [4.69, 9.17) is 0 Å². The second kappa shape index (κ2) is 8.64. The minimum absolute atomic E-state index is 0.467. The maximum Gasteiger partial charge on any atom is 0.146 e. The van der Waals surface area contributed by atoms with Gasteiger partial charge in [0.05, 0.1) is 5.56 Å². The van der Waals surface area contributed by atoms with Crippen molar-refractivity contribution in [1.82, 2.24) is 9.88 Å². The van der Waals surface area contributed by atoms with E-state index in [1.54, 1.807) is 6.20 Å². The van der Waals surface area contributed by atoms with Crippen molar-refractivity contribution in [3.05, 3.63) is 59.8 Å². The van der Waals surface area contributed by atoms with E-state index in [2.05, 4.69) is 58.1 Å². The Kier molecular flexibility index (Phi) is 6.03. The summed E-state index contributed by atoms with van der Waals surface area (Å²) in [5, 5.41) is 9.42. The number of nitriles is 1. The molecule has 0 aliphatic carbocycles. The molecule has 1 aliphatic heterocycles.